The van der Waals surface area contributed by atoms with Crippen molar-refractivity contribution in [2.24, 2.45) is 0 Å². The van der Waals surface area contributed by atoms with Crippen LogP contribution < -0.4 is 5.32 Å². The lowest BCUT2D eigenvalue weighted by Gasteiger charge is -1.99. The summed E-state index contributed by atoms with van der Waals surface area (Å²) < 4.78 is 3.83. The maximum Gasteiger partial charge on any atom is 0.265 e. The summed E-state index contributed by atoms with van der Waals surface area (Å²) in [7, 11) is 0. The fourth-order valence-corrected chi connectivity index (χ4v) is 2.55. The third-order valence-electron chi connectivity index (χ3n) is 3.11. The van der Waals surface area contributed by atoms with Crippen LogP contribution in [0.25, 0.3) is 0 Å². The highest BCUT2D eigenvalue weighted by Crippen LogP contribution is 2.12. The molecule has 0 saturated carbocycles. The highest BCUT2D eigenvalue weighted by Gasteiger charge is 2.14. The first-order valence-electron chi connectivity index (χ1n) is 7.31. The van der Waals surface area contributed by atoms with E-state index in [0.29, 0.717) is 10.4 Å². The molecule has 0 aliphatic carbocycles. The molecule has 118 valence electrons. The lowest BCUT2D eigenvalue weighted by atomic mass is 10.1. The fraction of sp³-hybridized carbons (Fsp3) is 0.294. The maximum absolute atomic E-state index is 12.0. The average Bonchev–Trinajstić information content (AvgIpc) is 3.00. The van der Waals surface area contributed by atoms with Crippen LogP contribution in [0.4, 0.5) is 0 Å². The molecule has 23 heavy (non-hydrogen) atoms. The second kappa shape index (κ2) is 8.20. The molecule has 0 aliphatic rings. The Morgan fingerprint density at radius 3 is 2.65 bits per heavy atom. The van der Waals surface area contributed by atoms with Crippen molar-refractivity contribution in [1.82, 2.24) is 14.9 Å². The first-order valence-corrected chi connectivity index (χ1v) is 8.08. The molecule has 0 fully saturated rings. The third-order valence-corrected chi connectivity index (χ3v) is 3.88. The number of carbonyl (C=O) groups excluding carboxylic acids is 2. The van der Waals surface area contributed by atoms with Gasteiger partial charge in [-0.05, 0) is 37.0 Å². The average molecular weight is 327 g/mol. The van der Waals surface area contributed by atoms with Crippen molar-refractivity contribution in [3.63, 3.8) is 0 Å². The van der Waals surface area contributed by atoms with Crippen LogP contribution in [-0.2, 0) is 6.42 Å². The van der Waals surface area contributed by atoms with Gasteiger partial charge in [0.2, 0.25) is 0 Å². The van der Waals surface area contributed by atoms with E-state index in [2.05, 4.69) is 26.7 Å². The van der Waals surface area contributed by atoms with Crippen LogP contribution in [0.5, 0.6) is 0 Å². The number of nitrogens with one attached hydrogen (secondary N) is 1. The maximum atomic E-state index is 12.0. The van der Waals surface area contributed by atoms with E-state index in [1.165, 1.54) is 6.92 Å². The molecule has 0 atom stereocenters. The van der Waals surface area contributed by atoms with Gasteiger partial charge < -0.3 is 5.32 Å². The Hall–Kier alpha value is -2.52. The second-order valence-electron chi connectivity index (χ2n) is 4.92. The number of hydrogen-bond donors (Lipinski definition) is 1. The molecule has 0 aliphatic heterocycles. The minimum absolute atomic E-state index is 0.0258. The van der Waals surface area contributed by atoms with Gasteiger partial charge in [-0.2, -0.15) is 0 Å². The van der Waals surface area contributed by atoms with Crippen LogP contribution in [0.15, 0.2) is 24.3 Å². The molecule has 1 heterocycles. The van der Waals surface area contributed by atoms with Crippen molar-refractivity contribution in [2.45, 2.75) is 26.7 Å². The predicted octanol–water partition coefficient (Wildman–Crippen LogP) is 2.47. The number of hydrogen-bond acceptors (Lipinski definition) is 5. The molecule has 0 saturated heterocycles. The number of carbonyl (C=O) groups is 2. The van der Waals surface area contributed by atoms with Gasteiger partial charge in [0.25, 0.3) is 5.91 Å². The summed E-state index contributed by atoms with van der Waals surface area (Å²) in [5, 5.41) is 6.72. The fourth-order valence-electron chi connectivity index (χ4n) is 1.92. The molecule has 0 unspecified atom stereocenters. The quantitative estimate of drug-likeness (QED) is 0.676. The van der Waals surface area contributed by atoms with E-state index in [1.807, 2.05) is 6.92 Å². The Labute approximate surface area is 139 Å². The van der Waals surface area contributed by atoms with Gasteiger partial charge >= 0.3 is 0 Å². The van der Waals surface area contributed by atoms with E-state index in [-0.39, 0.29) is 18.2 Å². The Kier molecular flexibility index (Phi) is 6.01. The number of benzene rings is 1. The molecular formula is C17H17N3O2S. The number of rotatable bonds is 5. The molecule has 0 bridgehead atoms. The number of aryl methyl sites for hydroxylation is 1. The molecule has 5 nitrogen and oxygen atoms in total. The van der Waals surface area contributed by atoms with Gasteiger partial charge in [0.15, 0.2) is 5.78 Å². The topological polar surface area (TPSA) is 72.0 Å². The molecule has 1 aromatic heterocycles. The molecule has 2 rings (SSSR count). The van der Waals surface area contributed by atoms with Crippen molar-refractivity contribution in [1.29, 1.82) is 0 Å². The molecular weight excluding hydrogens is 310 g/mol. The Morgan fingerprint density at radius 2 is 2.00 bits per heavy atom. The van der Waals surface area contributed by atoms with Gasteiger partial charge in [0.1, 0.15) is 4.88 Å². The van der Waals surface area contributed by atoms with Crippen molar-refractivity contribution >= 4 is 23.2 Å². The molecule has 6 heteroatoms. The van der Waals surface area contributed by atoms with E-state index >= 15 is 0 Å². The van der Waals surface area contributed by atoms with E-state index < -0.39 is 0 Å². The van der Waals surface area contributed by atoms with E-state index in [4.69, 9.17) is 0 Å². The van der Waals surface area contributed by atoms with Crippen LogP contribution >= 0.6 is 11.5 Å². The zero-order valence-corrected chi connectivity index (χ0v) is 13.9. The van der Waals surface area contributed by atoms with E-state index in [0.717, 1.165) is 35.6 Å². The SMILES string of the molecule is CCCc1nnsc1C(=O)NCC#Cc1ccc(C(C)=O)cc1. The van der Waals surface area contributed by atoms with Gasteiger partial charge in [-0.3, -0.25) is 9.59 Å². The number of ketones is 1. The van der Waals surface area contributed by atoms with Gasteiger partial charge in [0, 0.05) is 11.1 Å². The third kappa shape index (κ3) is 4.73. The monoisotopic (exact) mass is 327 g/mol. The van der Waals surface area contributed by atoms with Crippen molar-refractivity contribution < 1.29 is 9.59 Å². The van der Waals surface area contributed by atoms with Crippen molar-refractivity contribution in [3.05, 3.63) is 46.0 Å². The van der Waals surface area contributed by atoms with E-state index in [9.17, 15) is 9.59 Å². The first kappa shape index (κ1) is 16.8. The highest BCUT2D eigenvalue weighted by atomic mass is 32.1. The summed E-state index contributed by atoms with van der Waals surface area (Å²) in [6, 6.07) is 7.06. The predicted molar refractivity (Wildman–Crippen MR) is 89.6 cm³/mol. The van der Waals surface area contributed by atoms with Crippen LogP contribution in [0.2, 0.25) is 0 Å². The number of amides is 1. The molecule has 1 amide bonds. The zero-order chi connectivity index (χ0) is 16.7. The lowest BCUT2D eigenvalue weighted by Crippen LogP contribution is -2.23. The highest BCUT2D eigenvalue weighted by molar-refractivity contribution is 7.08. The molecule has 1 aromatic carbocycles. The summed E-state index contributed by atoms with van der Waals surface area (Å²) in [6.07, 6.45) is 1.66. The summed E-state index contributed by atoms with van der Waals surface area (Å²) in [4.78, 5) is 23.8. The Bertz CT molecular complexity index is 754. The second-order valence-corrected chi connectivity index (χ2v) is 5.67. The van der Waals surface area contributed by atoms with E-state index in [1.54, 1.807) is 24.3 Å². The van der Waals surface area contributed by atoms with Crippen LogP contribution in [0.3, 0.4) is 0 Å². The minimum Gasteiger partial charge on any atom is -0.340 e. The summed E-state index contributed by atoms with van der Waals surface area (Å²) in [6.45, 7) is 3.80. The van der Waals surface area contributed by atoms with Crippen LogP contribution in [0, 0.1) is 11.8 Å². The number of Topliss-reactive ketones (excluding diaryl/α,β-unsaturated/α-hetero) is 1. The van der Waals surface area contributed by atoms with Gasteiger partial charge in [-0.1, -0.05) is 41.8 Å². The molecule has 0 spiro atoms. The van der Waals surface area contributed by atoms with Gasteiger partial charge in [-0.25, -0.2) is 0 Å². The first-order chi connectivity index (χ1) is 11.1. The summed E-state index contributed by atoms with van der Waals surface area (Å²) in [5.41, 5.74) is 2.20. The Morgan fingerprint density at radius 1 is 1.26 bits per heavy atom. The summed E-state index contributed by atoms with van der Waals surface area (Å²) in [5.74, 6) is 5.67. The lowest BCUT2D eigenvalue weighted by molar-refractivity contribution is 0.0960. The molecule has 1 N–H and O–H groups in total. The molecule has 0 radical (unpaired) electrons. The minimum atomic E-state index is -0.190. The number of nitrogens with zero attached hydrogens (tertiary/aromatic N) is 2. The normalized spacial score (nSPS) is 9.83. The van der Waals surface area contributed by atoms with Crippen LogP contribution in [0.1, 0.15) is 51.6 Å². The smallest absolute Gasteiger partial charge is 0.265 e. The molecule has 2 aromatic rings. The standard InChI is InChI=1S/C17H17N3O2S/c1-3-5-15-16(23-20-19-15)17(22)18-11-4-6-13-7-9-14(10-8-13)12(2)21/h7-10H,3,5,11H2,1-2H3,(H,18,22). The Balaban J connectivity index is 1.91. The van der Waals surface area contributed by atoms with Crippen molar-refractivity contribution in [2.75, 3.05) is 6.54 Å². The van der Waals surface area contributed by atoms with Gasteiger partial charge in [-0.15, -0.1) is 5.10 Å². The number of aromatic nitrogens is 2. The van der Waals surface area contributed by atoms with Crippen molar-refractivity contribution in [3.8, 4) is 11.8 Å². The van der Waals surface area contributed by atoms with Gasteiger partial charge in [0.05, 0.1) is 12.2 Å². The zero-order valence-electron chi connectivity index (χ0n) is 13.0. The van der Waals surface area contributed by atoms with Crippen LogP contribution in [-0.4, -0.2) is 27.8 Å². The largest absolute Gasteiger partial charge is 0.340 e. The summed E-state index contributed by atoms with van der Waals surface area (Å²) >= 11 is 1.10.